The Morgan fingerprint density at radius 3 is 2.58 bits per heavy atom. The molecule has 1 N–H and O–H groups in total. The van der Waals surface area contributed by atoms with Gasteiger partial charge >= 0.3 is 0 Å². The minimum Gasteiger partial charge on any atom is -0.494 e. The average molecular weight is 535 g/mol. The monoisotopic (exact) mass is 534 g/mol. The summed E-state index contributed by atoms with van der Waals surface area (Å²) in [5.41, 5.74) is 1.30. The summed E-state index contributed by atoms with van der Waals surface area (Å²) in [6.45, 7) is 0. The maximum Gasteiger partial charge on any atom is 0.280 e. The number of carbonyl (C=O) groups is 1. The maximum atomic E-state index is 13.5. The quantitative estimate of drug-likeness (QED) is 0.329. The molecule has 0 spiro atoms. The van der Waals surface area contributed by atoms with Crippen LogP contribution in [0, 0.1) is 17.8 Å². The molecule has 0 saturated heterocycles. The molecule has 1 amide bonds. The highest BCUT2D eigenvalue weighted by Crippen LogP contribution is 2.36. The van der Waals surface area contributed by atoms with Crippen LogP contribution >= 0.6 is 11.3 Å². The summed E-state index contributed by atoms with van der Waals surface area (Å²) in [7, 11) is 2.89. The first kappa shape index (κ1) is 25.2. The van der Waals surface area contributed by atoms with Crippen LogP contribution in [0.5, 0.6) is 11.6 Å². The highest BCUT2D eigenvalue weighted by molar-refractivity contribution is 7.15. The fourth-order valence-corrected chi connectivity index (χ4v) is 4.10. The van der Waals surface area contributed by atoms with E-state index in [1.807, 2.05) is 0 Å². The molecule has 1 aliphatic rings. The molecule has 0 atom stereocenters. The van der Waals surface area contributed by atoms with Gasteiger partial charge in [-0.25, -0.2) is 13.8 Å². The minimum atomic E-state index is -2.82. The number of ether oxygens (including phenoxy) is 2. The third kappa shape index (κ3) is 5.57. The molecule has 0 unspecified atom stereocenters. The number of halogens is 2. The number of nitrogens with zero attached hydrogens (tertiary/aromatic N) is 5. The van der Waals surface area contributed by atoms with E-state index in [2.05, 4.69) is 42.3 Å². The van der Waals surface area contributed by atoms with E-state index >= 15 is 0 Å². The molecule has 1 saturated carbocycles. The van der Waals surface area contributed by atoms with Crippen molar-refractivity contribution in [3.8, 4) is 45.9 Å². The lowest BCUT2D eigenvalue weighted by atomic mass is 9.98. The van der Waals surface area contributed by atoms with Gasteiger partial charge in [0.1, 0.15) is 11.4 Å². The molecule has 4 aromatic heterocycles. The van der Waals surface area contributed by atoms with Crippen LogP contribution in [0.1, 0.15) is 40.3 Å². The fraction of sp³-hybridized carbons (Fsp3) is 0.231. The van der Waals surface area contributed by atoms with Crippen LogP contribution < -0.4 is 14.8 Å². The lowest BCUT2D eigenvalue weighted by Crippen LogP contribution is -2.14. The molecule has 12 heteroatoms. The second kappa shape index (κ2) is 10.9. The van der Waals surface area contributed by atoms with Gasteiger partial charge in [-0.1, -0.05) is 17.3 Å². The number of pyridine rings is 3. The van der Waals surface area contributed by atoms with Crippen molar-refractivity contribution in [2.24, 2.45) is 5.92 Å². The highest BCUT2D eigenvalue weighted by atomic mass is 32.1. The highest BCUT2D eigenvalue weighted by Gasteiger charge is 2.22. The molecular weight excluding hydrogens is 514 g/mol. The number of rotatable bonds is 7. The van der Waals surface area contributed by atoms with E-state index in [9.17, 15) is 13.6 Å². The van der Waals surface area contributed by atoms with Crippen molar-refractivity contribution < 1.29 is 23.0 Å². The molecule has 4 heterocycles. The summed E-state index contributed by atoms with van der Waals surface area (Å²) in [5, 5.41) is 11.4. The van der Waals surface area contributed by atoms with Crippen LogP contribution in [-0.2, 0) is 0 Å². The van der Waals surface area contributed by atoms with Crippen molar-refractivity contribution in [2.75, 3.05) is 19.5 Å². The number of nitrogens with one attached hydrogen (secondary N) is 1. The van der Waals surface area contributed by atoms with Crippen molar-refractivity contribution in [2.45, 2.75) is 19.3 Å². The fourth-order valence-electron chi connectivity index (χ4n) is 3.50. The smallest absolute Gasteiger partial charge is 0.280 e. The Kier molecular flexibility index (Phi) is 7.19. The molecule has 5 rings (SSSR count). The van der Waals surface area contributed by atoms with Gasteiger partial charge in [0.2, 0.25) is 11.0 Å². The van der Waals surface area contributed by atoms with Crippen molar-refractivity contribution in [1.82, 2.24) is 25.1 Å². The maximum absolute atomic E-state index is 13.5. The van der Waals surface area contributed by atoms with E-state index in [1.54, 1.807) is 24.4 Å². The minimum absolute atomic E-state index is 0.112. The lowest BCUT2D eigenvalue weighted by molar-refractivity contribution is 0.102. The predicted molar refractivity (Wildman–Crippen MR) is 136 cm³/mol. The van der Waals surface area contributed by atoms with Gasteiger partial charge in [0.15, 0.2) is 5.01 Å². The number of anilines is 1. The Hall–Kier alpha value is -4.50. The van der Waals surface area contributed by atoms with Crippen LogP contribution in [0.2, 0.25) is 0 Å². The first-order chi connectivity index (χ1) is 18.4. The Morgan fingerprint density at radius 2 is 1.89 bits per heavy atom. The summed E-state index contributed by atoms with van der Waals surface area (Å²) >= 11 is 1.14. The summed E-state index contributed by atoms with van der Waals surface area (Å²) in [4.78, 5) is 25.7. The molecule has 9 nitrogen and oxygen atoms in total. The van der Waals surface area contributed by atoms with Crippen LogP contribution in [-0.4, -0.2) is 45.3 Å². The largest absolute Gasteiger partial charge is 0.494 e. The van der Waals surface area contributed by atoms with Gasteiger partial charge in [-0.05, 0) is 37.0 Å². The summed E-state index contributed by atoms with van der Waals surface area (Å²) in [6, 6.07) is 6.22. The second-order valence-corrected chi connectivity index (χ2v) is 9.20. The van der Waals surface area contributed by atoms with Gasteiger partial charge in [-0.15, -0.1) is 10.2 Å². The molecule has 0 aliphatic heterocycles. The Bertz CT molecular complexity index is 1540. The third-order valence-electron chi connectivity index (χ3n) is 5.62. The third-order valence-corrected chi connectivity index (χ3v) is 6.37. The zero-order chi connectivity index (χ0) is 26.6. The van der Waals surface area contributed by atoms with E-state index < -0.39 is 18.0 Å². The molecule has 1 aliphatic carbocycles. The van der Waals surface area contributed by atoms with Gasteiger partial charge in [0.25, 0.3) is 12.3 Å². The van der Waals surface area contributed by atoms with E-state index in [0.29, 0.717) is 33.6 Å². The second-order valence-electron chi connectivity index (χ2n) is 8.22. The van der Waals surface area contributed by atoms with Crippen LogP contribution in [0.3, 0.4) is 0 Å². The molecule has 4 aromatic rings. The van der Waals surface area contributed by atoms with Crippen LogP contribution in [0.4, 0.5) is 13.9 Å². The van der Waals surface area contributed by atoms with Crippen molar-refractivity contribution in [3.05, 3.63) is 59.1 Å². The zero-order valence-electron chi connectivity index (χ0n) is 20.2. The van der Waals surface area contributed by atoms with Crippen molar-refractivity contribution in [1.29, 1.82) is 0 Å². The molecule has 0 radical (unpaired) electrons. The number of carbonyl (C=O) groups excluding carboxylic acids is 1. The standard InChI is InChI=1S/C26H20F2N6O3S/c1-36-21-13-30-20(24(27)28)10-17(21)16-9-19(15-6-7-22(37-2)31-11-15)29-12-18(16)25(35)32-26-34-33-23(38-26)8-5-14-3-4-14/h6-7,9-14,24H,3-4H2,1-2H3,(H,32,34,35). The SMILES string of the molecule is COc1ccc(-c2cc(-c3cc(C(F)F)ncc3OC)c(C(=O)Nc3nnc(C#CC4CC4)s3)cn2)cn1. The Morgan fingerprint density at radius 1 is 1.05 bits per heavy atom. The normalized spacial score (nSPS) is 12.6. The average Bonchev–Trinajstić information content (AvgIpc) is 3.68. The van der Waals surface area contributed by atoms with Gasteiger partial charge < -0.3 is 9.47 Å². The van der Waals surface area contributed by atoms with Crippen molar-refractivity contribution >= 4 is 22.4 Å². The first-order valence-electron chi connectivity index (χ1n) is 11.4. The summed E-state index contributed by atoms with van der Waals surface area (Å²) in [6.07, 6.45) is 3.47. The molecule has 38 heavy (non-hydrogen) atoms. The molecular formula is C26H20F2N6O3S. The number of amides is 1. The summed E-state index contributed by atoms with van der Waals surface area (Å²) < 4.78 is 37.6. The van der Waals surface area contributed by atoms with E-state index in [0.717, 1.165) is 24.2 Å². The Balaban J connectivity index is 1.55. The lowest BCUT2D eigenvalue weighted by Gasteiger charge is -2.15. The van der Waals surface area contributed by atoms with Gasteiger partial charge in [-0.3, -0.25) is 20.1 Å². The van der Waals surface area contributed by atoms with Gasteiger partial charge in [0, 0.05) is 41.1 Å². The van der Waals surface area contributed by atoms with Gasteiger partial charge in [-0.2, -0.15) is 0 Å². The van der Waals surface area contributed by atoms with Gasteiger partial charge in [0.05, 0.1) is 31.7 Å². The van der Waals surface area contributed by atoms with E-state index in [4.69, 9.17) is 9.47 Å². The molecule has 0 bridgehead atoms. The Labute approximate surface area is 220 Å². The predicted octanol–water partition coefficient (Wildman–Crippen LogP) is 5.03. The number of hydrogen-bond acceptors (Lipinski definition) is 9. The van der Waals surface area contributed by atoms with E-state index in [-0.39, 0.29) is 22.0 Å². The van der Waals surface area contributed by atoms with E-state index in [1.165, 1.54) is 32.7 Å². The van der Waals surface area contributed by atoms with Crippen LogP contribution in [0.15, 0.2) is 42.9 Å². The first-order valence-corrected chi connectivity index (χ1v) is 12.3. The van der Waals surface area contributed by atoms with Crippen LogP contribution in [0.25, 0.3) is 22.4 Å². The number of hydrogen-bond donors (Lipinski definition) is 1. The number of alkyl halides is 2. The molecule has 192 valence electrons. The van der Waals surface area contributed by atoms with Crippen molar-refractivity contribution in [3.63, 3.8) is 0 Å². The topological polar surface area (TPSA) is 112 Å². The molecule has 0 aromatic carbocycles. The zero-order valence-corrected chi connectivity index (χ0v) is 21.1. The number of methoxy groups -OCH3 is 2. The summed E-state index contributed by atoms with van der Waals surface area (Å²) in [5.74, 6) is 6.54. The molecule has 1 fully saturated rings. The number of aromatic nitrogens is 5.